The summed E-state index contributed by atoms with van der Waals surface area (Å²) in [6, 6.07) is 0. The van der Waals surface area contributed by atoms with Gasteiger partial charge in [-0.2, -0.15) is 8.42 Å². The summed E-state index contributed by atoms with van der Waals surface area (Å²) < 4.78 is 41.1. The summed E-state index contributed by atoms with van der Waals surface area (Å²) in [4.78, 5) is 23.2. The summed E-state index contributed by atoms with van der Waals surface area (Å²) in [7, 11) is -4.72. The summed E-state index contributed by atoms with van der Waals surface area (Å²) in [5, 5.41) is -1.93. The minimum atomic E-state index is -4.72. The van der Waals surface area contributed by atoms with Crippen molar-refractivity contribution in [3.63, 3.8) is 0 Å². The molecule has 0 saturated carbocycles. The van der Waals surface area contributed by atoms with Gasteiger partial charge in [-0.15, -0.1) is 0 Å². The Morgan fingerprint density at radius 3 is 1.81 bits per heavy atom. The molecule has 1 unspecified atom stereocenters. The largest absolute Gasteiger partial charge is 0.466 e. The van der Waals surface area contributed by atoms with Gasteiger partial charge in [-0.25, -0.2) is 0 Å². The normalized spacial score (nSPS) is 12.6. The van der Waals surface area contributed by atoms with E-state index in [0.29, 0.717) is 6.42 Å². The van der Waals surface area contributed by atoms with Crippen LogP contribution in [0, 0.1) is 0 Å². The van der Waals surface area contributed by atoms with E-state index < -0.39 is 33.7 Å². The first kappa shape index (κ1) is 24.8. The Balaban J connectivity index is 3.91. The fourth-order valence-electron chi connectivity index (χ4n) is 2.54. The monoisotopic (exact) mass is 394 g/mol. The predicted octanol–water partition coefficient (Wildman–Crippen LogP) is 3.66. The maximum atomic E-state index is 11.8. The Bertz CT molecular complexity index is 488. The molecule has 0 aliphatic heterocycles. The average Bonchev–Trinajstić information content (AvgIpc) is 2.56. The van der Waals surface area contributed by atoms with Crippen molar-refractivity contribution in [3.05, 3.63) is 0 Å². The summed E-state index contributed by atoms with van der Waals surface area (Å²) in [6.07, 6.45) is 10.5. The topological polar surface area (TPSA) is 107 Å². The standard InChI is InChI=1S/C18H34O7S/c1-3-5-6-7-8-9-10-11-12-13-14-25-18(20)16(26(21,22)23)15-17(19)24-4-2/h16H,3-15H2,1-2H3,(H,21,22,23). The maximum Gasteiger partial charge on any atom is 0.327 e. The van der Waals surface area contributed by atoms with Gasteiger partial charge in [0.15, 0.2) is 5.25 Å². The van der Waals surface area contributed by atoms with Crippen LogP contribution >= 0.6 is 0 Å². The van der Waals surface area contributed by atoms with Crippen LogP contribution in [-0.2, 0) is 29.2 Å². The van der Waals surface area contributed by atoms with Gasteiger partial charge in [0.25, 0.3) is 10.1 Å². The Labute approximate surface area is 157 Å². The van der Waals surface area contributed by atoms with Crippen LogP contribution in [0.1, 0.15) is 84.5 Å². The molecule has 8 heteroatoms. The highest BCUT2D eigenvalue weighted by molar-refractivity contribution is 7.87. The lowest BCUT2D eigenvalue weighted by atomic mass is 10.1. The molecule has 0 bridgehead atoms. The van der Waals surface area contributed by atoms with Gasteiger partial charge in [0.2, 0.25) is 0 Å². The molecule has 7 nitrogen and oxygen atoms in total. The Hall–Kier alpha value is -1.15. The molecule has 0 aliphatic rings. The number of hydrogen-bond acceptors (Lipinski definition) is 6. The molecule has 0 fully saturated rings. The van der Waals surface area contributed by atoms with Crippen molar-refractivity contribution in [2.45, 2.75) is 89.7 Å². The number of carbonyl (C=O) groups excluding carboxylic acids is 2. The lowest BCUT2D eigenvalue weighted by molar-refractivity contribution is -0.149. The molecule has 0 aromatic heterocycles. The van der Waals surface area contributed by atoms with E-state index >= 15 is 0 Å². The Morgan fingerprint density at radius 2 is 1.35 bits per heavy atom. The molecule has 1 N–H and O–H groups in total. The average molecular weight is 395 g/mol. The van der Waals surface area contributed by atoms with Gasteiger partial charge in [-0.3, -0.25) is 14.1 Å². The van der Waals surface area contributed by atoms with Gasteiger partial charge < -0.3 is 9.47 Å². The minimum Gasteiger partial charge on any atom is -0.466 e. The third-order valence-corrected chi connectivity index (χ3v) is 5.10. The number of ether oxygens (including phenoxy) is 2. The van der Waals surface area contributed by atoms with Crippen molar-refractivity contribution in [2.75, 3.05) is 13.2 Å². The van der Waals surface area contributed by atoms with E-state index in [2.05, 4.69) is 11.7 Å². The van der Waals surface area contributed by atoms with E-state index in [4.69, 9.17) is 9.29 Å². The van der Waals surface area contributed by atoms with Gasteiger partial charge in [0.05, 0.1) is 19.6 Å². The molecular weight excluding hydrogens is 360 g/mol. The fraction of sp³-hybridized carbons (Fsp3) is 0.889. The molecule has 0 saturated heterocycles. The van der Waals surface area contributed by atoms with Crippen LogP contribution in [0.4, 0.5) is 0 Å². The van der Waals surface area contributed by atoms with E-state index in [-0.39, 0.29) is 13.2 Å². The molecule has 154 valence electrons. The summed E-state index contributed by atoms with van der Waals surface area (Å²) >= 11 is 0. The molecule has 0 rings (SSSR count). The third-order valence-electron chi connectivity index (χ3n) is 4.02. The van der Waals surface area contributed by atoms with Gasteiger partial charge in [-0.05, 0) is 13.3 Å². The fourth-order valence-corrected chi connectivity index (χ4v) is 3.19. The first-order valence-electron chi connectivity index (χ1n) is 9.61. The number of esters is 2. The minimum absolute atomic E-state index is 0.0602. The van der Waals surface area contributed by atoms with Crippen LogP contribution in [0.3, 0.4) is 0 Å². The van der Waals surface area contributed by atoms with Gasteiger partial charge in [-0.1, -0.05) is 64.7 Å². The smallest absolute Gasteiger partial charge is 0.327 e. The molecule has 1 atom stereocenters. The van der Waals surface area contributed by atoms with E-state index in [1.54, 1.807) is 6.92 Å². The van der Waals surface area contributed by atoms with Crippen molar-refractivity contribution in [3.8, 4) is 0 Å². The van der Waals surface area contributed by atoms with Crippen LogP contribution in [0.2, 0.25) is 0 Å². The molecule has 0 radical (unpaired) electrons. The van der Waals surface area contributed by atoms with Crippen molar-refractivity contribution < 1.29 is 32.0 Å². The van der Waals surface area contributed by atoms with E-state index in [0.717, 1.165) is 19.3 Å². The van der Waals surface area contributed by atoms with Crippen molar-refractivity contribution >= 4 is 22.1 Å². The first-order chi connectivity index (χ1) is 12.3. The molecule has 0 spiro atoms. The lowest BCUT2D eigenvalue weighted by Crippen LogP contribution is -2.34. The van der Waals surface area contributed by atoms with Crippen LogP contribution in [0.15, 0.2) is 0 Å². The zero-order valence-corrected chi connectivity index (χ0v) is 16.9. The summed E-state index contributed by atoms with van der Waals surface area (Å²) in [6.45, 7) is 3.89. The first-order valence-corrected chi connectivity index (χ1v) is 11.1. The molecule has 0 aromatic carbocycles. The molecule has 0 aliphatic carbocycles. The highest BCUT2D eigenvalue weighted by Crippen LogP contribution is 2.12. The van der Waals surface area contributed by atoms with Crippen LogP contribution < -0.4 is 0 Å². The zero-order chi connectivity index (χ0) is 19.8. The predicted molar refractivity (Wildman–Crippen MR) is 99.4 cm³/mol. The van der Waals surface area contributed by atoms with E-state index in [9.17, 15) is 18.0 Å². The van der Waals surface area contributed by atoms with Crippen LogP contribution in [0.5, 0.6) is 0 Å². The Kier molecular flexibility index (Phi) is 14.3. The zero-order valence-electron chi connectivity index (χ0n) is 16.1. The van der Waals surface area contributed by atoms with E-state index in [1.165, 1.54) is 38.5 Å². The molecule has 0 heterocycles. The highest BCUT2D eigenvalue weighted by Gasteiger charge is 2.35. The van der Waals surface area contributed by atoms with Crippen LogP contribution in [0.25, 0.3) is 0 Å². The summed E-state index contributed by atoms with van der Waals surface area (Å²) in [5.74, 6) is -1.98. The van der Waals surface area contributed by atoms with Gasteiger partial charge in [0, 0.05) is 0 Å². The second-order valence-corrected chi connectivity index (χ2v) is 7.96. The number of carbonyl (C=O) groups is 2. The maximum absolute atomic E-state index is 11.8. The molecule has 0 aromatic rings. The Morgan fingerprint density at radius 1 is 0.846 bits per heavy atom. The van der Waals surface area contributed by atoms with Crippen molar-refractivity contribution in [1.82, 2.24) is 0 Å². The SMILES string of the molecule is CCCCCCCCCCCCOC(=O)C(CC(=O)OCC)S(=O)(=O)O. The van der Waals surface area contributed by atoms with E-state index in [1.807, 2.05) is 0 Å². The second-order valence-electron chi connectivity index (χ2n) is 6.36. The quantitative estimate of drug-likeness (QED) is 0.242. The van der Waals surface area contributed by atoms with Crippen molar-refractivity contribution in [2.24, 2.45) is 0 Å². The number of unbranched alkanes of at least 4 members (excludes halogenated alkanes) is 9. The summed E-state index contributed by atoms with van der Waals surface area (Å²) in [5.41, 5.74) is 0. The second kappa shape index (κ2) is 15.0. The number of rotatable bonds is 16. The van der Waals surface area contributed by atoms with Crippen molar-refractivity contribution in [1.29, 1.82) is 0 Å². The molecule has 0 amide bonds. The van der Waals surface area contributed by atoms with Crippen LogP contribution in [-0.4, -0.2) is 43.4 Å². The lowest BCUT2D eigenvalue weighted by Gasteiger charge is -2.12. The molecule has 26 heavy (non-hydrogen) atoms. The van der Waals surface area contributed by atoms with Gasteiger partial charge >= 0.3 is 11.9 Å². The number of hydrogen-bond donors (Lipinski definition) is 1. The molecular formula is C18H34O7S. The third kappa shape index (κ3) is 13.1. The highest BCUT2D eigenvalue weighted by atomic mass is 32.2. The van der Waals surface area contributed by atoms with Gasteiger partial charge in [0.1, 0.15) is 0 Å².